The largest absolute Gasteiger partial charge is 0.366 e. The Hall–Kier alpha value is -3.00. The van der Waals surface area contributed by atoms with Gasteiger partial charge in [0.05, 0.1) is 0 Å². The number of hydrogen-bond donors (Lipinski definition) is 1. The number of epoxide rings is 1. The van der Waals surface area contributed by atoms with Crippen LogP contribution in [0.4, 0.5) is 0 Å². The summed E-state index contributed by atoms with van der Waals surface area (Å²) in [4.78, 5) is 7.18. The van der Waals surface area contributed by atoms with Crippen LogP contribution in [0.3, 0.4) is 0 Å². The molecule has 1 N–H and O–H groups in total. The van der Waals surface area contributed by atoms with E-state index in [-0.39, 0.29) is 6.10 Å². The van der Waals surface area contributed by atoms with Gasteiger partial charge in [-0.15, -0.1) is 0 Å². The number of aliphatic hydroxyl groups excluding tert-OH is 1. The van der Waals surface area contributed by atoms with E-state index in [4.69, 9.17) is 14.2 Å². The van der Waals surface area contributed by atoms with Gasteiger partial charge in [0.2, 0.25) is 5.82 Å². The summed E-state index contributed by atoms with van der Waals surface area (Å²) >= 11 is 0. The van der Waals surface area contributed by atoms with Crippen LogP contribution in [0.1, 0.15) is 43.9 Å². The fourth-order valence-electron chi connectivity index (χ4n) is 5.49. The van der Waals surface area contributed by atoms with Gasteiger partial charge >= 0.3 is 0 Å². The van der Waals surface area contributed by atoms with Gasteiger partial charge in [-0.1, -0.05) is 23.4 Å². The minimum atomic E-state index is -0.552. The fourth-order valence-corrected chi connectivity index (χ4v) is 5.49. The van der Waals surface area contributed by atoms with E-state index in [0.29, 0.717) is 23.7 Å². The summed E-state index contributed by atoms with van der Waals surface area (Å²) < 4.78 is 13.2. The van der Waals surface area contributed by atoms with Crippen molar-refractivity contribution < 1.29 is 14.4 Å². The van der Waals surface area contributed by atoms with Crippen LogP contribution in [0.5, 0.6) is 0 Å². The molecule has 2 aliphatic heterocycles. The van der Waals surface area contributed by atoms with Crippen LogP contribution in [0.25, 0.3) is 33.7 Å². The third-order valence-electron chi connectivity index (χ3n) is 7.40. The third kappa shape index (κ3) is 4.40. The number of piperidine rings is 1. The van der Waals surface area contributed by atoms with E-state index in [0.717, 1.165) is 49.2 Å². The summed E-state index contributed by atoms with van der Waals surface area (Å²) in [5.41, 5.74) is 5.52. The SMILES string of the molecule is Cc1cc(CN2CCC[C@H](C3OC3O)C2)ccc1-c1noc(-c2ccc3c(ccn3C(C)C)c2)n1. The lowest BCUT2D eigenvalue weighted by Gasteiger charge is -2.32. The number of benzene rings is 2. The second-order valence-electron chi connectivity index (χ2n) is 10.3. The molecule has 35 heavy (non-hydrogen) atoms. The Morgan fingerprint density at radius 2 is 2.00 bits per heavy atom. The van der Waals surface area contributed by atoms with Gasteiger partial charge in [0.1, 0.15) is 6.10 Å². The molecular formula is C28H32N4O3. The molecule has 2 saturated heterocycles. The number of aryl methyl sites for hydroxylation is 1. The van der Waals surface area contributed by atoms with E-state index in [1.165, 1.54) is 16.5 Å². The van der Waals surface area contributed by atoms with Gasteiger partial charge in [-0.25, -0.2) is 0 Å². The minimum Gasteiger partial charge on any atom is -0.366 e. The van der Waals surface area contributed by atoms with Crippen LogP contribution in [-0.2, 0) is 11.3 Å². The summed E-state index contributed by atoms with van der Waals surface area (Å²) in [6.45, 7) is 9.42. The van der Waals surface area contributed by atoms with E-state index in [2.05, 4.69) is 78.0 Å². The predicted molar refractivity (Wildman–Crippen MR) is 135 cm³/mol. The molecule has 6 rings (SSSR count). The predicted octanol–water partition coefficient (Wildman–Crippen LogP) is 5.18. The van der Waals surface area contributed by atoms with Crippen LogP contribution in [-0.4, -0.2) is 50.2 Å². The highest BCUT2D eigenvalue weighted by molar-refractivity contribution is 5.84. The highest BCUT2D eigenvalue weighted by Crippen LogP contribution is 2.34. The molecule has 3 atom stereocenters. The van der Waals surface area contributed by atoms with Gasteiger partial charge in [-0.3, -0.25) is 4.90 Å². The molecule has 0 amide bonds. The summed E-state index contributed by atoms with van der Waals surface area (Å²) in [5, 5.41) is 15.1. The zero-order valence-corrected chi connectivity index (χ0v) is 20.5. The van der Waals surface area contributed by atoms with Crippen molar-refractivity contribution in [3.63, 3.8) is 0 Å². The van der Waals surface area contributed by atoms with Gasteiger partial charge in [0, 0.05) is 53.3 Å². The first-order chi connectivity index (χ1) is 17.0. The standard InChI is InChI=1S/C28H32N4O3/c1-17(2)32-12-10-20-14-21(7-9-24(20)32)27-29-26(30-35-27)23-8-6-19(13-18(23)3)15-31-11-4-5-22(16-31)25-28(33)34-25/h6-10,12-14,17,22,25,28,33H,4-5,11,15-16H2,1-3H3/t22-,25?,28?/m0/s1. The van der Waals surface area contributed by atoms with Gasteiger partial charge in [0.25, 0.3) is 5.89 Å². The molecule has 2 aromatic carbocycles. The van der Waals surface area contributed by atoms with Crippen LogP contribution < -0.4 is 0 Å². The smallest absolute Gasteiger partial charge is 0.258 e. The van der Waals surface area contributed by atoms with E-state index < -0.39 is 6.29 Å². The molecule has 4 aromatic rings. The van der Waals surface area contributed by atoms with Crippen LogP contribution in [0, 0.1) is 12.8 Å². The first kappa shape index (κ1) is 22.5. The molecule has 0 bridgehead atoms. The number of fused-ring (bicyclic) bond motifs is 1. The lowest BCUT2D eigenvalue weighted by Crippen LogP contribution is -2.37. The van der Waals surface area contributed by atoms with Gasteiger partial charge in [0.15, 0.2) is 6.29 Å². The van der Waals surface area contributed by atoms with Crippen molar-refractivity contribution in [2.75, 3.05) is 13.1 Å². The van der Waals surface area contributed by atoms with Gasteiger partial charge in [-0.2, -0.15) is 4.98 Å². The highest BCUT2D eigenvalue weighted by atomic mass is 16.7. The Kier molecular flexibility index (Phi) is 5.71. The minimum absolute atomic E-state index is 0.0326. The molecule has 7 heteroatoms. The Morgan fingerprint density at radius 1 is 1.14 bits per heavy atom. The van der Waals surface area contributed by atoms with Crippen molar-refractivity contribution in [3.8, 4) is 22.8 Å². The van der Waals surface area contributed by atoms with Crippen LogP contribution in [0.2, 0.25) is 0 Å². The zero-order chi connectivity index (χ0) is 24.1. The number of hydrogen-bond acceptors (Lipinski definition) is 6. The Labute approximate surface area is 205 Å². The molecule has 0 saturated carbocycles. The van der Waals surface area contributed by atoms with Crippen molar-refractivity contribution >= 4 is 10.9 Å². The second-order valence-corrected chi connectivity index (χ2v) is 10.3. The quantitative estimate of drug-likeness (QED) is 0.390. The van der Waals surface area contributed by atoms with E-state index in [9.17, 15) is 5.11 Å². The lowest BCUT2D eigenvalue weighted by molar-refractivity contribution is 0.141. The molecule has 0 aliphatic carbocycles. The summed E-state index contributed by atoms with van der Waals surface area (Å²) in [6.07, 6.45) is 3.88. The molecule has 182 valence electrons. The second kappa shape index (κ2) is 8.90. The average molecular weight is 473 g/mol. The first-order valence-corrected chi connectivity index (χ1v) is 12.6. The Balaban J connectivity index is 1.18. The number of aliphatic hydroxyl groups is 1. The highest BCUT2D eigenvalue weighted by Gasteiger charge is 2.44. The normalized spacial score (nSPS) is 22.8. The maximum atomic E-state index is 9.61. The maximum absolute atomic E-state index is 9.61. The number of aromatic nitrogens is 3. The van der Waals surface area contributed by atoms with Crippen molar-refractivity contribution in [3.05, 3.63) is 59.8 Å². The van der Waals surface area contributed by atoms with Crippen molar-refractivity contribution in [2.45, 2.75) is 58.6 Å². The average Bonchev–Trinajstić information content (AvgIpc) is 3.22. The summed E-state index contributed by atoms with van der Waals surface area (Å²) in [5.74, 6) is 1.58. The van der Waals surface area contributed by atoms with E-state index in [1.807, 2.05) is 6.07 Å². The van der Waals surface area contributed by atoms with Crippen LogP contribution >= 0.6 is 0 Å². The molecule has 2 fully saturated rings. The van der Waals surface area contributed by atoms with E-state index >= 15 is 0 Å². The molecule has 2 aromatic heterocycles. The van der Waals surface area contributed by atoms with Crippen molar-refractivity contribution in [1.82, 2.24) is 19.6 Å². The molecule has 0 spiro atoms. The number of ether oxygens (including phenoxy) is 1. The van der Waals surface area contributed by atoms with Crippen molar-refractivity contribution in [2.24, 2.45) is 5.92 Å². The monoisotopic (exact) mass is 472 g/mol. The molecule has 7 nitrogen and oxygen atoms in total. The van der Waals surface area contributed by atoms with Gasteiger partial charge in [-0.05, 0) is 75.5 Å². The Bertz CT molecular complexity index is 1360. The lowest BCUT2D eigenvalue weighted by atomic mass is 9.94. The fraction of sp³-hybridized carbons (Fsp3) is 0.429. The summed E-state index contributed by atoms with van der Waals surface area (Å²) in [7, 11) is 0. The first-order valence-electron chi connectivity index (χ1n) is 12.6. The van der Waals surface area contributed by atoms with Gasteiger partial charge < -0.3 is 18.9 Å². The molecule has 2 aliphatic rings. The van der Waals surface area contributed by atoms with Crippen molar-refractivity contribution in [1.29, 1.82) is 0 Å². The number of likely N-dealkylation sites (tertiary alicyclic amines) is 1. The topological polar surface area (TPSA) is 79.9 Å². The maximum Gasteiger partial charge on any atom is 0.258 e. The molecule has 0 radical (unpaired) electrons. The van der Waals surface area contributed by atoms with E-state index in [1.54, 1.807) is 0 Å². The summed E-state index contributed by atoms with van der Waals surface area (Å²) in [6, 6.07) is 15.3. The molecular weight excluding hydrogens is 440 g/mol. The third-order valence-corrected chi connectivity index (χ3v) is 7.40. The number of nitrogens with zero attached hydrogens (tertiary/aromatic N) is 4. The Morgan fingerprint density at radius 3 is 2.77 bits per heavy atom. The molecule has 2 unspecified atom stereocenters. The zero-order valence-electron chi connectivity index (χ0n) is 20.5. The van der Waals surface area contributed by atoms with Crippen LogP contribution in [0.15, 0.2) is 53.2 Å². The number of rotatable bonds is 6. The molecule has 4 heterocycles.